The maximum absolute atomic E-state index is 13.2. The summed E-state index contributed by atoms with van der Waals surface area (Å²) in [5, 5.41) is 13.7. The van der Waals surface area contributed by atoms with Gasteiger partial charge in [0.2, 0.25) is 0 Å². The Morgan fingerprint density at radius 1 is 1.00 bits per heavy atom. The number of carbonyl (C=O) groups excluding carboxylic acids is 1. The van der Waals surface area contributed by atoms with Gasteiger partial charge in [-0.05, 0) is 54.0 Å². The van der Waals surface area contributed by atoms with Crippen LogP contribution in [0.3, 0.4) is 0 Å². The summed E-state index contributed by atoms with van der Waals surface area (Å²) in [6.07, 6.45) is -4.56. The standard InChI is InChI=1S/C27H28F3NO5/c1-16-5-8-18-9-12-20(24(32)31-22(25(33)34)14-26(2,3)4)23(21(18)13-16)35-15-17-6-10-19(11-7-17)36-27(28,29)30/h5-13,22H,14-15H2,1-4H3,(H,31,32)(H,33,34). The molecule has 9 heteroatoms. The van der Waals surface area contributed by atoms with Crippen molar-refractivity contribution < 1.29 is 37.3 Å². The van der Waals surface area contributed by atoms with E-state index in [4.69, 9.17) is 4.74 Å². The van der Waals surface area contributed by atoms with Crippen LogP contribution in [0.15, 0.2) is 54.6 Å². The second kappa shape index (κ2) is 10.5. The fraction of sp³-hybridized carbons (Fsp3) is 0.333. The van der Waals surface area contributed by atoms with E-state index in [2.05, 4.69) is 10.1 Å². The molecule has 0 aliphatic rings. The number of carboxylic acids is 1. The minimum absolute atomic E-state index is 0.0377. The molecule has 0 aliphatic carbocycles. The summed E-state index contributed by atoms with van der Waals surface area (Å²) in [7, 11) is 0. The number of carbonyl (C=O) groups is 2. The Morgan fingerprint density at radius 3 is 2.22 bits per heavy atom. The molecule has 3 aromatic carbocycles. The van der Waals surface area contributed by atoms with Crippen LogP contribution < -0.4 is 14.8 Å². The first-order chi connectivity index (χ1) is 16.7. The van der Waals surface area contributed by atoms with Crippen LogP contribution in [0.1, 0.15) is 48.7 Å². The topological polar surface area (TPSA) is 84.9 Å². The number of fused-ring (bicyclic) bond motifs is 1. The van der Waals surface area contributed by atoms with Crippen LogP contribution in [0.25, 0.3) is 10.8 Å². The largest absolute Gasteiger partial charge is 0.573 e. The minimum Gasteiger partial charge on any atom is -0.487 e. The molecule has 36 heavy (non-hydrogen) atoms. The van der Waals surface area contributed by atoms with Crippen LogP contribution in [0.5, 0.6) is 11.5 Å². The molecular formula is C27H28F3NO5. The van der Waals surface area contributed by atoms with Gasteiger partial charge in [-0.25, -0.2) is 4.79 Å². The molecule has 1 amide bonds. The van der Waals surface area contributed by atoms with E-state index in [1.807, 2.05) is 45.9 Å². The number of nitrogens with one attached hydrogen (secondary N) is 1. The van der Waals surface area contributed by atoms with Gasteiger partial charge in [0.05, 0.1) is 5.56 Å². The lowest BCUT2D eigenvalue weighted by Gasteiger charge is -2.24. The Hall–Kier alpha value is -3.75. The number of aliphatic carboxylic acids is 1. The summed E-state index contributed by atoms with van der Waals surface area (Å²) in [6, 6.07) is 13.1. The van der Waals surface area contributed by atoms with Gasteiger partial charge in [0.15, 0.2) is 0 Å². The van der Waals surface area contributed by atoms with Gasteiger partial charge < -0.3 is 19.9 Å². The lowest BCUT2D eigenvalue weighted by molar-refractivity contribution is -0.274. The molecule has 0 spiro atoms. The number of rotatable bonds is 8. The lowest BCUT2D eigenvalue weighted by atomic mass is 9.88. The normalized spacial score (nSPS) is 12.8. The number of amides is 1. The van der Waals surface area contributed by atoms with Gasteiger partial charge in [-0.3, -0.25) is 4.79 Å². The minimum atomic E-state index is -4.79. The number of benzene rings is 3. The van der Waals surface area contributed by atoms with E-state index in [1.165, 1.54) is 24.3 Å². The van der Waals surface area contributed by atoms with Crippen LogP contribution in [0.4, 0.5) is 13.2 Å². The maximum atomic E-state index is 13.2. The highest BCUT2D eigenvalue weighted by atomic mass is 19.4. The Kier molecular flexibility index (Phi) is 7.81. The van der Waals surface area contributed by atoms with Crippen molar-refractivity contribution in [1.29, 1.82) is 0 Å². The summed E-state index contributed by atoms with van der Waals surface area (Å²) >= 11 is 0. The molecule has 3 rings (SSSR count). The van der Waals surface area contributed by atoms with Gasteiger partial charge in [0.1, 0.15) is 24.1 Å². The van der Waals surface area contributed by atoms with Crippen LogP contribution >= 0.6 is 0 Å². The highest BCUT2D eigenvalue weighted by Crippen LogP contribution is 2.32. The average Bonchev–Trinajstić information content (AvgIpc) is 2.75. The fourth-order valence-electron chi connectivity index (χ4n) is 3.73. The Bertz CT molecular complexity index is 1250. The van der Waals surface area contributed by atoms with Crippen molar-refractivity contribution in [2.24, 2.45) is 5.41 Å². The van der Waals surface area contributed by atoms with Crippen LogP contribution in [0.2, 0.25) is 0 Å². The van der Waals surface area contributed by atoms with Gasteiger partial charge in [0.25, 0.3) is 5.91 Å². The first-order valence-corrected chi connectivity index (χ1v) is 11.3. The number of hydrogen-bond acceptors (Lipinski definition) is 4. The van der Waals surface area contributed by atoms with E-state index in [0.717, 1.165) is 10.9 Å². The summed E-state index contributed by atoms with van der Waals surface area (Å²) in [5.74, 6) is -1.84. The molecule has 2 N–H and O–H groups in total. The predicted octanol–water partition coefficient (Wildman–Crippen LogP) is 6.25. The molecule has 192 valence electrons. The van der Waals surface area contributed by atoms with E-state index >= 15 is 0 Å². The number of hydrogen-bond donors (Lipinski definition) is 2. The zero-order valence-corrected chi connectivity index (χ0v) is 20.4. The third-order valence-electron chi connectivity index (χ3n) is 5.33. The molecule has 0 saturated heterocycles. The van der Waals surface area contributed by atoms with E-state index in [9.17, 15) is 27.9 Å². The first kappa shape index (κ1) is 26.8. The van der Waals surface area contributed by atoms with Crippen molar-refractivity contribution in [3.8, 4) is 11.5 Å². The molecule has 1 unspecified atom stereocenters. The summed E-state index contributed by atoms with van der Waals surface area (Å²) in [5.41, 5.74) is 1.30. The summed E-state index contributed by atoms with van der Waals surface area (Å²) < 4.78 is 47.2. The number of ether oxygens (including phenoxy) is 2. The second-order valence-corrected chi connectivity index (χ2v) is 9.78. The first-order valence-electron chi connectivity index (χ1n) is 11.3. The van der Waals surface area contributed by atoms with Crippen molar-refractivity contribution in [2.45, 2.75) is 53.1 Å². The molecule has 0 aliphatic heterocycles. The predicted molar refractivity (Wildman–Crippen MR) is 129 cm³/mol. The smallest absolute Gasteiger partial charge is 0.487 e. The van der Waals surface area contributed by atoms with E-state index in [0.29, 0.717) is 10.9 Å². The van der Waals surface area contributed by atoms with Gasteiger partial charge in [-0.15, -0.1) is 13.2 Å². The highest BCUT2D eigenvalue weighted by Gasteiger charge is 2.31. The fourth-order valence-corrected chi connectivity index (χ4v) is 3.73. The molecule has 1 atom stereocenters. The summed E-state index contributed by atoms with van der Waals surface area (Å²) in [4.78, 5) is 25.0. The second-order valence-electron chi connectivity index (χ2n) is 9.78. The number of carboxylic acid groups (broad SMARTS) is 1. The van der Waals surface area contributed by atoms with Gasteiger partial charge in [-0.2, -0.15) is 0 Å². The summed E-state index contributed by atoms with van der Waals surface area (Å²) in [6.45, 7) is 7.50. The maximum Gasteiger partial charge on any atom is 0.573 e. The third kappa shape index (κ3) is 7.37. The van der Waals surface area contributed by atoms with E-state index in [-0.39, 0.29) is 35.5 Å². The molecule has 0 saturated carbocycles. The molecule has 3 aromatic rings. The van der Waals surface area contributed by atoms with Crippen LogP contribution in [0, 0.1) is 12.3 Å². The van der Waals surface area contributed by atoms with Gasteiger partial charge in [-0.1, -0.05) is 56.7 Å². The van der Waals surface area contributed by atoms with Gasteiger partial charge in [0, 0.05) is 5.39 Å². The van der Waals surface area contributed by atoms with Crippen molar-refractivity contribution in [3.63, 3.8) is 0 Å². The number of alkyl halides is 3. The Labute approximate surface area is 207 Å². The molecule has 0 bridgehead atoms. The quantitative estimate of drug-likeness (QED) is 0.380. The molecule has 0 fully saturated rings. The molecule has 0 heterocycles. The van der Waals surface area contributed by atoms with Crippen molar-refractivity contribution in [3.05, 3.63) is 71.3 Å². The van der Waals surface area contributed by atoms with E-state index < -0.39 is 24.3 Å². The van der Waals surface area contributed by atoms with Crippen molar-refractivity contribution >= 4 is 22.6 Å². The number of aryl methyl sites for hydroxylation is 1. The number of halogens is 3. The Morgan fingerprint density at radius 2 is 1.64 bits per heavy atom. The van der Waals surface area contributed by atoms with Crippen LogP contribution in [-0.4, -0.2) is 29.4 Å². The monoisotopic (exact) mass is 503 g/mol. The highest BCUT2D eigenvalue weighted by molar-refractivity contribution is 6.05. The molecule has 6 nitrogen and oxygen atoms in total. The lowest BCUT2D eigenvalue weighted by Crippen LogP contribution is -2.43. The Balaban J connectivity index is 1.91. The van der Waals surface area contributed by atoms with Crippen molar-refractivity contribution in [2.75, 3.05) is 0 Å². The zero-order valence-electron chi connectivity index (χ0n) is 20.4. The average molecular weight is 504 g/mol. The van der Waals surface area contributed by atoms with Gasteiger partial charge >= 0.3 is 12.3 Å². The van der Waals surface area contributed by atoms with Crippen LogP contribution in [-0.2, 0) is 11.4 Å². The van der Waals surface area contributed by atoms with E-state index in [1.54, 1.807) is 12.1 Å². The molecular weight excluding hydrogens is 475 g/mol. The third-order valence-corrected chi connectivity index (χ3v) is 5.33. The molecule has 0 radical (unpaired) electrons. The zero-order chi connectivity index (χ0) is 26.7. The molecule has 0 aromatic heterocycles. The SMILES string of the molecule is Cc1ccc2ccc(C(=O)NC(CC(C)(C)C)C(=O)O)c(OCc3ccc(OC(F)(F)F)cc3)c2c1. The van der Waals surface area contributed by atoms with Crippen molar-refractivity contribution in [1.82, 2.24) is 5.32 Å².